The minimum atomic E-state index is -3.77. The smallest absolute Gasteiger partial charge is 0.244 e. The van der Waals surface area contributed by atoms with Gasteiger partial charge in [-0.15, -0.1) is 12.4 Å². The Hall–Kier alpha value is -2.20. The molecule has 2 aromatic carbocycles. The molecule has 0 saturated carbocycles. The van der Waals surface area contributed by atoms with Gasteiger partial charge < -0.3 is 9.64 Å². The molecular formula is C22H28ClN3O4S2. The van der Waals surface area contributed by atoms with Crippen LogP contribution in [0.1, 0.15) is 11.1 Å². The fourth-order valence-electron chi connectivity index (χ4n) is 3.08. The Kier molecular flexibility index (Phi) is 8.64. The van der Waals surface area contributed by atoms with Crippen molar-refractivity contribution >= 4 is 54.8 Å². The highest BCUT2D eigenvalue weighted by atomic mass is 35.5. The third-order valence-corrected chi connectivity index (χ3v) is 7.74. The van der Waals surface area contributed by atoms with Crippen LogP contribution in [0.3, 0.4) is 0 Å². The SMILES string of the molecule is COc1ccc(C)c2sc(N(CCN(C)C)C(=O)CS(=O)(=O)c3ccc(C)cc3)nc12.Cl. The predicted octanol–water partition coefficient (Wildman–Crippen LogP) is 3.71. The molecule has 1 heterocycles. The van der Waals surface area contributed by atoms with Crippen LogP contribution in [0.5, 0.6) is 5.75 Å². The fourth-order valence-corrected chi connectivity index (χ4v) is 5.37. The average Bonchev–Trinajstić information content (AvgIpc) is 3.14. The predicted molar refractivity (Wildman–Crippen MR) is 132 cm³/mol. The maximum Gasteiger partial charge on any atom is 0.244 e. The van der Waals surface area contributed by atoms with Gasteiger partial charge in [-0.1, -0.05) is 35.1 Å². The van der Waals surface area contributed by atoms with Gasteiger partial charge in [-0.25, -0.2) is 13.4 Å². The van der Waals surface area contributed by atoms with Crippen LogP contribution in [-0.2, 0) is 14.6 Å². The molecule has 174 valence electrons. The van der Waals surface area contributed by atoms with Crippen LogP contribution in [0.15, 0.2) is 41.3 Å². The van der Waals surface area contributed by atoms with Gasteiger partial charge in [-0.2, -0.15) is 0 Å². The number of carbonyl (C=O) groups excluding carboxylic acids is 1. The lowest BCUT2D eigenvalue weighted by Gasteiger charge is -2.22. The minimum Gasteiger partial charge on any atom is -0.494 e. The Morgan fingerprint density at radius 1 is 1.06 bits per heavy atom. The van der Waals surface area contributed by atoms with E-state index in [0.29, 0.717) is 29.5 Å². The summed E-state index contributed by atoms with van der Waals surface area (Å²) in [5.41, 5.74) is 2.65. The molecule has 0 aliphatic heterocycles. The van der Waals surface area contributed by atoms with Crippen LogP contribution >= 0.6 is 23.7 Å². The van der Waals surface area contributed by atoms with Crippen molar-refractivity contribution in [3.63, 3.8) is 0 Å². The average molecular weight is 498 g/mol. The van der Waals surface area contributed by atoms with Crippen LogP contribution in [0.25, 0.3) is 10.2 Å². The second-order valence-corrected chi connectivity index (χ2v) is 10.6. The molecule has 1 aromatic heterocycles. The zero-order chi connectivity index (χ0) is 22.8. The molecule has 3 rings (SSSR count). The molecule has 0 aliphatic rings. The first-order valence-electron chi connectivity index (χ1n) is 9.81. The first kappa shape index (κ1) is 26.1. The Balaban J connectivity index is 0.00000363. The van der Waals surface area contributed by atoms with E-state index in [4.69, 9.17) is 4.74 Å². The van der Waals surface area contributed by atoms with Crippen molar-refractivity contribution in [1.82, 2.24) is 9.88 Å². The second-order valence-electron chi connectivity index (χ2n) is 7.68. The van der Waals surface area contributed by atoms with Gasteiger partial charge in [0.1, 0.15) is 17.0 Å². The van der Waals surface area contributed by atoms with Gasteiger partial charge in [0.25, 0.3) is 0 Å². The summed E-state index contributed by atoms with van der Waals surface area (Å²) in [6.45, 7) is 4.75. The molecule has 32 heavy (non-hydrogen) atoms. The lowest BCUT2D eigenvalue weighted by Crippen LogP contribution is -2.40. The van der Waals surface area contributed by atoms with Gasteiger partial charge >= 0.3 is 0 Å². The van der Waals surface area contributed by atoms with E-state index in [1.807, 2.05) is 45.0 Å². The molecule has 0 unspecified atom stereocenters. The van der Waals surface area contributed by atoms with Crippen molar-refractivity contribution in [2.24, 2.45) is 0 Å². The lowest BCUT2D eigenvalue weighted by molar-refractivity contribution is -0.116. The number of nitrogens with zero attached hydrogens (tertiary/aromatic N) is 3. The van der Waals surface area contributed by atoms with E-state index in [0.717, 1.165) is 15.8 Å². The first-order valence-corrected chi connectivity index (χ1v) is 12.3. The lowest BCUT2D eigenvalue weighted by atomic mass is 10.2. The number of carbonyl (C=O) groups is 1. The zero-order valence-corrected chi connectivity index (χ0v) is 21.2. The maximum atomic E-state index is 13.2. The van der Waals surface area contributed by atoms with Gasteiger partial charge in [0, 0.05) is 13.1 Å². The number of aromatic nitrogens is 1. The normalized spacial score (nSPS) is 11.4. The maximum absolute atomic E-state index is 13.2. The van der Waals surface area contributed by atoms with Gasteiger partial charge in [0.2, 0.25) is 5.91 Å². The van der Waals surface area contributed by atoms with Gasteiger partial charge in [0.05, 0.1) is 16.7 Å². The molecule has 0 atom stereocenters. The number of methoxy groups -OCH3 is 1. The van der Waals surface area contributed by atoms with Gasteiger partial charge in [-0.05, 0) is 51.7 Å². The summed E-state index contributed by atoms with van der Waals surface area (Å²) in [6, 6.07) is 10.3. The number of fused-ring (bicyclic) bond motifs is 1. The minimum absolute atomic E-state index is 0. The number of anilines is 1. The topological polar surface area (TPSA) is 79.8 Å². The summed E-state index contributed by atoms with van der Waals surface area (Å²) in [5.74, 6) is -0.497. The highest BCUT2D eigenvalue weighted by molar-refractivity contribution is 7.92. The molecule has 0 radical (unpaired) electrons. The molecular weight excluding hydrogens is 470 g/mol. The zero-order valence-electron chi connectivity index (χ0n) is 18.8. The number of ether oxygens (including phenoxy) is 1. The van der Waals surface area contributed by atoms with E-state index in [1.54, 1.807) is 19.2 Å². The number of sulfone groups is 1. The van der Waals surface area contributed by atoms with Crippen LogP contribution in [0.2, 0.25) is 0 Å². The largest absolute Gasteiger partial charge is 0.494 e. The molecule has 7 nitrogen and oxygen atoms in total. The van der Waals surface area contributed by atoms with Crippen molar-refractivity contribution in [2.45, 2.75) is 18.7 Å². The molecule has 3 aromatic rings. The molecule has 0 bridgehead atoms. The third-order valence-electron chi connectivity index (χ3n) is 4.91. The van der Waals surface area contributed by atoms with E-state index < -0.39 is 21.5 Å². The van der Waals surface area contributed by atoms with E-state index in [1.165, 1.54) is 28.4 Å². The molecule has 0 aliphatic carbocycles. The molecule has 0 fully saturated rings. The second kappa shape index (κ2) is 10.6. The van der Waals surface area contributed by atoms with E-state index in [-0.39, 0.29) is 17.3 Å². The molecule has 1 amide bonds. The van der Waals surface area contributed by atoms with Crippen molar-refractivity contribution in [3.8, 4) is 5.75 Å². The number of hydrogen-bond donors (Lipinski definition) is 0. The van der Waals surface area contributed by atoms with Crippen LogP contribution < -0.4 is 9.64 Å². The van der Waals surface area contributed by atoms with Crippen molar-refractivity contribution in [2.75, 3.05) is 44.9 Å². The fraction of sp³-hybridized carbons (Fsp3) is 0.364. The number of aryl methyl sites for hydroxylation is 2. The summed E-state index contributed by atoms with van der Waals surface area (Å²) in [6.07, 6.45) is 0. The summed E-state index contributed by atoms with van der Waals surface area (Å²) < 4.78 is 32.1. The Bertz CT molecular complexity index is 1190. The number of rotatable bonds is 8. The number of halogens is 1. The summed E-state index contributed by atoms with van der Waals surface area (Å²) in [4.78, 5) is 21.4. The quantitative estimate of drug-likeness (QED) is 0.472. The van der Waals surface area contributed by atoms with Crippen molar-refractivity contribution < 1.29 is 17.9 Å². The van der Waals surface area contributed by atoms with Crippen LogP contribution in [-0.4, -0.2) is 64.3 Å². The number of amides is 1. The standard InChI is InChI=1S/C22H27N3O4S2.ClH/c1-15-6-9-17(10-7-15)31(27,28)14-19(26)25(13-12-24(3)4)22-23-20-18(29-5)11-8-16(2)21(20)30-22;/h6-11H,12-14H2,1-5H3;1H. The van der Waals surface area contributed by atoms with Crippen LogP contribution in [0.4, 0.5) is 5.13 Å². The summed E-state index contributed by atoms with van der Waals surface area (Å²) in [5, 5.41) is 0.466. The third kappa shape index (κ3) is 5.78. The van der Waals surface area contributed by atoms with Gasteiger partial charge in [0.15, 0.2) is 15.0 Å². The first-order chi connectivity index (χ1) is 14.6. The monoisotopic (exact) mass is 497 g/mol. The van der Waals surface area contributed by atoms with Crippen molar-refractivity contribution in [1.29, 1.82) is 0 Å². The van der Waals surface area contributed by atoms with E-state index in [2.05, 4.69) is 4.98 Å². The molecule has 0 saturated heterocycles. The number of thiazole rings is 1. The molecule has 10 heteroatoms. The van der Waals surface area contributed by atoms with E-state index >= 15 is 0 Å². The van der Waals surface area contributed by atoms with Crippen LogP contribution in [0, 0.1) is 13.8 Å². The highest BCUT2D eigenvalue weighted by Gasteiger charge is 2.27. The number of benzene rings is 2. The van der Waals surface area contributed by atoms with E-state index in [9.17, 15) is 13.2 Å². The van der Waals surface area contributed by atoms with Crippen molar-refractivity contribution in [3.05, 3.63) is 47.5 Å². The Labute approximate surface area is 199 Å². The molecule has 0 spiro atoms. The summed E-state index contributed by atoms with van der Waals surface area (Å²) in [7, 11) is 1.60. The number of hydrogen-bond acceptors (Lipinski definition) is 7. The summed E-state index contributed by atoms with van der Waals surface area (Å²) >= 11 is 1.37. The van der Waals surface area contributed by atoms with Gasteiger partial charge in [-0.3, -0.25) is 9.69 Å². The molecule has 0 N–H and O–H groups in total. The Morgan fingerprint density at radius 3 is 2.31 bits per heavy atom. The number of likely N-dealkylation sites (N-methyl/N-ethyl adjacent to an activating group) is 1. The Morgan fingerprint density at radius 2 is 1.72 bits per heavy atom. The highest BCUT2D eigenvalue weighted by Crippen LogP contribution is 2.36.